The van der Waals surface area contributed by atoms with Gasteiger partial charge in [0.15, 0.2) is 0 Å². The van der Waals surface area contributed by atoms with Crippen LogP contribution in [0.2, 0.25) is 0 Å². The van der Waals surface area contributed by atoms with Gasteiger partial charge in [-0.2, -0.15) is 0 Å². The molecule has 58 heavy (non-hydrogen) atoms. The summed E-state index contributed by atoms with van der Waals surface area (Å²) in [6.07, 6.45) is 0. The first-order valence-corrected chi connectivity index (χ1v) is 19.9. The zero-order chi connectivity index (χ0) is 38.4. The SMILES string of the molecule is c1ccc(-c2ccc(-c3ccc(N(c4ccc(-c5ccc6c(c5)c5ccccc5n6-c5ccccc5)cc4)c4cc5ccccc5c5ccccc45)cc3)cc2)cc1. The molecular weight excluding hydrogens is 701 g/mol. The Morgan fingerprint density at radius 2 is 0.724 bits per heavy atom. The van der Waals surface area contributed by atoms with E-state index in [4.69, 9.17) is 0 Å². The van der Waals surface area contributed by atoms with Crippen molar-refractivity contribution >= 4 is 60.4 Å². The molecule has 1 heterocycles. The summed E-state index contributed by atoms with van der Waals surface area (Å²) in [7, 11) is 0. The van der Waals surface area contributed by atoms with E-state index in [2.05, 4.69) is 240 Å². The molecule has 272 valence electrons. The van der Waals surface area contributed by atoms with Gasteiger partial charge in [-0.3, -0.25) is 0 Å². The molecule has 1 aromatic heterocycles. The molecule has 0 saturated heterocycles. The fourth-order valence-electron chi connectivity index (χ4n) is 8.75. The molecule has 0 aliphatic heterocycles. The van der Waals surface area contributed by atoms with Gasteiger partial charge in [0.25, 0.3) is 0 Å². The molecule has 2 heteroatoms. The first kappa shape index (κ1) is 33.6. The third-order valence-corrected chi connectivity index (χ3v) is 11.6. The molecule has 0 unspecified atom stereocenters. The first-order chi connectivity index (χ1) is 28.8. The second-order valence-electron chi connectivity index (χ2n) is 15.0. The van der Waals surface area contributed by atoms with E-state index in [1.165, 1.54) is 82.4 Å². The molecule has 0 aliphatic carbocycles. The summed E-state index contributed by atoms with van der Waals surface area (Å²) >= 11 is 0. The van der Waals surface area contributed by atoms with Crippen LogP contribution in [0.4, 0.5) is 17.1 Å². The van der Waals surface area contributed by atoms with Crippen LogP contribution in [-0.2, 0) is 0 Å². The number of para-hydroxylation sites is 2. The predicted octanol–water partition coefficient (Wildman–Crippen LogP) is 15.6. The van der Waals surface area contributed by atoms with E-state index in [1.807, 2.05) is 0 Å². The number of hydrogen-bond acceptors (Lipinski definition) is 1. The van der Waals surface area contributed by atoms with Gasteiger partial charge in [-0.05, 0) is 110 Å². The van der Waals surface area contributed by atoms with Crippen molar-refractivity contribution in [3.63, 3.8) is 0 Å². The normalized spacial score (nSPS) is 11.4. The molecule has 0 saturated carbocycles. The highest BCUT2D eigenvalue weighted by atomic mass is 15.1. The Bertz CT molecular complexity index is 3230. The van der Waals surface area contributed by atoms with Crippen LogP contribution in [0.25, 0.3) is 82.4 Å². The van der Waals surface area contributed by atoms with E-state index in [9.17, 15) is 0 Å². The molecule has 0 spiro atoms. The summed E-state index contributed by atoms with van der Waals surface area (Å²) < 4.78 is 2.37. The molecule has 0 amide bonds. The lowest BCUT2D eigenvalue weighted by Crippen LogP contribution is -2.10. The van der Waals surface area contributed by atoms with Gasteiger partial charge >= 0.3 is 0 Å². The molecule has 0 atom stereocenters. The van der Waals surface area contributed by atoms with Gasteiger partial charge in [0.1, 0.15) is 0 Å². The number of fused-ring (bicyclic) bond motifs is 6. The number of hydrogen-bond donors (Lipinski definition) is 0. The quantitative estimate of drug-likeness (QED) is 0.148. The van der Waals surface area contributed by atoms with Crippen molar-refractivity contribution in [1.29, 1.82) is 0 Å². The molecular formula is C56H38N2. The number of aromatic nitrogens is 1. The Hall–Kier alpha value is -7.68. The largest absolute Gasteiger partial charge is 0.310 e. The van der Waals surface area contributed by atoms with Crippen LogP contribution in [-0.4, -0.2) is 4.57 Å². The lowest BCUT2D eigenvalue weighted by molar-refractivity contribution is 1.18. The van der Waals surface area contributed by atoms with Crippen molar-refractivity contribution in [3.8, 4) is 39.1 Å². The van der Waals surface area contributed by atoms with Gasteiger partial charge in [0, 0.05) is 33.2 Å². The average molecular weight is 739 g/mol. The van der Waals surface area contributed by atoms with Gasteiger partial charge in [0.05, 0.1) is 16.7 Å². The highest BCUT2D eigenvalue weighted by molar-refractivity contribution is 6.15. The fraction of sp³-hybridized carbons (Fsp3) is 0. The van der Waals surface area contributed by atoms with E-state index in [1.54, 1.807) is 0 Å². The zero-order valence-electron chi connectivity index (χ0n) is 31.8. The Morgan fingerprint density at radius 1 is 0.276 bits per heavy atom. The molecule has 11 rings (SSSR count). The van der Waals surface area contributed by atoms with Crippen LogP contribution < -0.4 is 4.90 Å². The minimum Gasteiger partial charge on any atom is -0.310 e. The monoisotopic (exact) mass is 738 g/mol. The minimum atomic E-state index is 1.10. The fourth-order valence-corrected chi connectivity index (χ4v) is 8.75. The van der Waals surface area contributed by atoms with Crippen molar-refractivity contribution < 1.29 is 0 Å². The maximum absolute atomic E-state index is 2.41. The average Bonchev–Trinajstić information content (AvgIpc) is 3.64. The number of rotatable bonds is 7. The summed E-state index contributed by atoms with van der Waals surface area (Å²) in [5, 5.41) is 7.44. The van der Waals surface area contributed by atoms with Crippen molar-refractivity contribution in [3.05, 3.63) is 231 Å². The standard InChI is InChI=1S/C56H38N2/c1-3-13-39(14-4-1)40-23-25-41(26-24-40)42-27-32-47(33-28-42)57(56-38-45-15-7-8-18-49(45)50-19-9-10-20-51(50)56)48-34-29-43(30-35-48)44-31-36-55-53(37-44)52-21-11-12-22-54(52)58(55)46-16-5-2-6-17-46/h1-38H. The number of nitrogens with zero attached hydrogens (tertiary/aromatic N) is 2. The van der Waals surface area contributed by atoms with E-state index < -0.39 is 0 Å². The van der Waals surface area contributed by atoms with Crippen LogP contribution in [0.5, 0.6) is 0 Å². The van der Waals surface area contributed by atoms with Crippen molar-refractivity contribution in [1.82, 2.24) is 4.57 Å². The van der Waals surface area contributed by atoms with Crippen LogP contribution in [0.15, 0.2) is 231 Å². The maximum atomic E-state index is 2.41. The van der Waals surface area contributed by atoms with Crippen LogP contribution in [0, 0.1) is 0 Å². The topological polar surface area (TPSA) is 8.17 Å². The highest BCUT2D eigenvalue weighted by Gasteiger charge is 2.19. The van der Waals surface area contributed by atoms with Gasteiger partial charge < -0.3 is 9.47 Å². The Kier molecular flexibility index (Phi) is 8.19. The van der Waals surface area contributed by atoms with Gasteiger partial charge in [-0.1, -0.05) is 170 Å². The Balaban J connectivity index is 1.01. The minimum absolute atomic E-state index is 1.10. The summed E-state index contributed by atoms with van der Waals surface area (Å²) in [5.74, 6) is 0. The molecule has 11 aromatic rings. The summed E-state index contributed by atoms with van der Waals surface area (Å²) in [6.45, 7) is 0. The third kappa shape index (κ3) is 5.82. The van der Waals surface area contributed by atoms with E-state index >= 15 is 0 Å². The Morgan fingerprint density at radius 3 is 1.38 bits per heavy atom. The van der Waals surface area contributed by atoms with Crippen LogP contribution >= 0.6 is 0 Å². The first-order valence-electron chi connectivity index (χ1n) is 19.9. The van der Waals surface area contributed by atoms with Gasteiger partial charge in [0.2, 0.25) is 0 Å². The zero-order valence-corrected chi connectivity index (χ0v) is 31.8. The maximum Gasteiger partial charge on any atom is 0.0546 e. The summed E-state index contributed by atoms with van der Waals surface area (Å²) in [4.78, 5) is 2.41. The number of anilines is 3. The molecule has 0 aliphatic rings. The molecule has 2 nitrogen and oxygen atoms in total. The van der Waals surface area contributed by atoms with Crippen LogP contribution in [0.1, 0.15) is 0 Å². The van der Waals surface area contributed by atoms with Crippen molar-refractivity contribution in [2.75, 3.05) is 4.90 Å². The lowest BCUT2D eigenvalue weighted by atomic mass is 9.98. The van der Waals surface area contributed by atoms with E-state index in [-0.39, 0.29) is 0 Å². The Labute approximate surface area is 338 Å². The third-order valence-electron chi connectivity index (χ3n) is 11.6. The van der Waals surface area contributed by atoms with E-state index in [0.717, 1.165) is 17.1 Å². The molecule has 0 radical (unpaired) electrons. The van der Waals surface area contributed by atoms with Crippen molar-refractivity contribution in [2.45, 2.75) is 0 Å². The highest BCUT2D eigenvalue weighted by Crippen LogP contribution is 2.43. The molecule has 0 bridgehead atoms. The smallest absolute Gasteiger partial charge is 0.0546 e. The number of benzene rings is 10. The second-order valence-corrected chi connectivity index (χ2v) is 15.0. The second kappa shape index (κ2) is 14.1. The van der Waals surface area contributed by atoms with Gasteiger partial charge in [-0.15, -0.1) is 0 Å². The summed E-state index contributed by atoms with van der Waals surface area (Å²) in [6, 6.07) is 83.6. The van der Waals surface area contributed by atoms with Crippen LogP contribution in [0.3, 0.4) is 0 Å². The lowest BCUT2D eigenvalue weighted by Gasteiger charge is -2.28. The molecule has 0 fully saturated rings. The van der Waals surface area contributed by atoms with E-state index in [0.29, 0.717) is 0 Å². The molecule has 10 aromatic carbocycles. The van der Waals surface area contributed by atoms with Gasteiger partial charge in [-0.25, -0.2) is 0 Å². The van der Waals surface area contributed by atoms with Crippen molar-refractivity contribution in [2.24, 2.45) is 0 Å². The molecule has 0 N–H and O–H groups in total. The predicted molar refractivity (Wildman–Crippen MR) is 247 cm³/mol. The summed E-state index contributed by atoms with van der Waals surface area (Å²) in [5.41, 5.74) is 14.1.